The van der Waals surface area contributed by atoms with E-state index in [-0.39, 0.29) is 11.4 Å². The first-order valence-electron chi connectivity index (χ1n) is 9.29. The predicted molar refractivity (Wildman–Crippen MR) is 96.5 cm³/mol. The number of rotatable bonds is 4. The van der Waals surface area contributed by atoms with Gasteiger partial charge < -0.3 is 10.1 Å². The minimum absolute atomic E-state index is 0.0521. The van der Waals surface area contributed by atoms with Gasteiger partial charge in [-0.15, -0.1) is 0 Å². The van der Waals surface area contributed by atoms with Gasteiger partial charge in [0.15, 0.2) is 0 Å². The zero-order chi connectivity index (χ0) is 17.0. The second-order valence-electron chi connectivity index (χ2n) is 7.37. The molecule has 1 aliphatic carbocycles. The van der Waals surface area contributed by atoms with E-state index >= 15 is 0 Å². The van der Waals surface area contributed by atoms with Crippen LogP contribution in [0.5, 0.6) is 0 Å². The molecule has 1 saturated heterocycles. The molecule has 0 aromatic heterocycles. The fourth-order valence-electron chi connectivity index (χ4n) is 4.08. The SMILES string of the molecule is Cc1ccc(C(=O)NCC2(N3CCOCC3)CCCCC2)cc1C. The lowest BCUT2D eigenvalue weighted by Crippen LogP contribution is -2.59. The van der Waals surface area contributed by atoms with Crippen LogP contribution >= 0.6 is 0 Å². The van der Waals surface area contributed by atoms with E-state index in [1.165, 1.54) is 43.2 Å². The third-order valence-corrected chi connectivity index (χ3v) is 5.81. The van der Waals surface area contributed by atoms with Crippen molar-refractivity contribution in [1.82, 2.24) is 10.2 Å². The number of hydrogen-bond donors (Lipinski definition) is 1. The zero-order valence-electron chi connectivity index (χ0n) is 15.1. The second-order valence-corrected chi connectivity index (χ2v) is 7.37. The van der Waals surface area contributed by atoms with E-state index in [0.29, 0.717) is 0 Å². The first-order valence-corrected chi connectivity index (χ1v) is 9.29. The Bertz CT molecular complexity index is 573. The number of carbonyl (C=O) groups is 1. The first-order chi connectivity index (χ1) is 11.6. The van der Waals surface area contributed by atoms with Crippen molar-refractivity contribution in [2.45, 2.75) is 51.5 Å². The van der Waals surface area contributed by atoms with Gasteiger partial charge in [-0.05, 0) is 49.9 Å². The maximum absolute atomic E-state index is 12.6. The van der Waals surface area contributed by atoms with Crippen LogP contribution in [0.4, 0.5) is 0 Å². The van der Waals surface area contributed by atoms with Crippen LogP contribution < -0.4 is 5.32 Å². The number of hydrogen-bond acceptors (Lipinski definition) is 3. The Labute approximate surface area is 145 Å². The summed E-state index contributed by atoms with van der Waals surface area (Å²) in [6.45, 7) is 8.48. The fraction of sp³-hybridized carbons (Fsp3) is 0.650. The maximum atomic E-state index is 12.6. The molecule has 0 atom stereocenters. The molecule has 2 fully saturated rings. The van der Waals surface area contributed by atoms with E-state index in [0.717, 1.165) is 38.4 Å². The van der Waals surface area contributed by atoms with Gasteiger partial charge in [-0.25, -0.2) is 0 Å². The summed E-state index contributed by atoms with van der Waals surface area (Å²) in [5.74, 6) is 0.0521. The average molecular weight is 330 g/mol. The molecule has 4 nitrogen and oxygen atoms in total. The molecule has 24 heavy (non-hydrogen) atoms. The quantitative estimate of drug-likeness (QED) is 0.922. The molecular formula is C20H30N2O2. The van der Waals surface area contributed by atoms with Crippen LogP contribution in [0.2, 0.25) is 0 Å². The molecule has 1 aromatic carbocycles. The number of amides is 1. The highest BCUT2D eigenvalue weighted by molar-refractivity contribution is 5.94. The van der Waals surface area contributed by atoms with Crippen molar-refractivity contribution in [2.24, 2.45) is 0 Å². The Morgan fingerprint density at radius 2 is 1.83 bits per heavy atom. The number of benzene rings is 1. The number of carbonyl (C=O) groups excluding carboxylic acids is 1. The largest absolute Gasteiger partial charge is 0.379 e. The molecule has 1 N–H and O–H groups in total. The Hall–Kier alpha value is -1.39. The Morgan fingerprint density at radius 1 is 1.12 bits per heavy atom. The van der Waals surface area contributed by atoms with Gasteiger partial charge >= 0.3 is 0 Å². The number of nitrogens with one attached hydrogen (secondary N) is 1. The second kappa shape index (κ2) is 7.66. The number of ether oxygens (including phenoxy) is 1. The normalized spacial score (nSPS) is 21.4. The molecule has 1 aliphatic heterocycles. The van der Waals surface area contributed by atoms with E-state index in [1.54, 1.807) is 0 Å². The summed E-state index contributed by atoms with van der Waals surface area (Å²) in [7, 11) is 0. The summed E-state index contributed by atoms with van der Waals surface area (Å²) < 4.78 is 5.53. The highest BCUT2D eigenvalue weighted by Crippen LogP contribution is 2.34. The molecule has 0 bridgehead atoms. The predicted octanol–water partition coefficient (Wildman–Crippen LogP) is 3.07. The smallest absolute Gasteiger partial charge is 0.251 e. The number of aryl methyl sites for hydroxylation is 2. The third kappa shape index (κ3) is 3.81. The van der Waals surface area contributed by atoms with Crippen molar-refractivity contribution in [3.8, 4) is 0 Å². The number of nitrogens with zero attached hydrogens (tertiary/aromatic N) is 1. The van der Waals surface area contributed by atoms with Gasteiger partial charge in [0, 0.05) is 30.7 Å². The summed E-state index contributed by atoms with van der Waals surface area (Å²) in [4.78, 5) is 15.2. The van der Waals surface area contributed by atoms with Crippen LogP contribution in [0.3, 0.4) is 0 Å². The van der Waals surface area contributed by atoms with Crippen molar-refractivity contribution in [1.29, 1.82) is 0 Å². The molecule has 2 aliphatic rings. The van der Waals surface area contributed by atoms with Crippen molar-refractivity contribution >= 4 is 5.91 Å². The van der Waals surface area contributed by atoms with Crippen LogP contribution in [0.25, 0.3) is 0 Å². The van der Waals surface area contributed by atoms with Crippen molar-refractivity contribution < 1.29 is 9.53 Å². The van der Waals surface area contributed by atoms with Crippen LogP contribution in [0.1, 0.15) is 53.6 Å². The highest BCUT2D eigenvalue weighted by Gasteiger charge is 2.38. The van der Waals surface area contributed by atoms with E-state index in [2.05, 4.69) is 24.1 Å². The molecule has 1 heterocycles. The van der Waals surface area contributed by atoms with E-state index in [9.17, 15) is 4.79 Å². The van der Waals surface area contributed by atoms with Gasteiger partial charge in [-0.3, -0.25) is 9.69 Å². The Kier molecular flexibility index (Phi) is 5.57. The van der Waals surface area contributed by atoms with Gasteiger partial charge in [0.05, 0.1) is 13.2 Å². The molecule has 3 rings (SSSR count). The fourth-order valence-corrected chi connectivity index (χ4v) is 4.08. The lowest BCUT2D eigenvalue weighted by Gasteiger charge is -2.48. The van der Waals surface area contributed by atoms with Crippen LogP contribution in [-0.4, -0.2) is 49.2 Å². The van der Waals surface area contributed by atoms with Gasteiger partial charge in [0.2, 0.25) is 0 Å². The first kappa shape index (κ1) is 17.4. The van der Waals surface area contributed by atoms with E-state index < -0.39 is 0 Å². The Morgan fingerprint density at radius 3 is 2.50 bits per heavy atom. The molecule has 1 amide bonds. The topological polar surface area (TPSA) is 41.6 Å². The van der Waals surface area contributed by atoms with Crippen LogP contribution in [0, 0.1) is 13.8 Å². The summed E-state index contributed by atoms with van der Waals surface area (Å²) >= 11 is 0. The number of morpholine rings is 1. The van der Waals surface area contributed by atoms with Crippen molar-refractivity contribution in [3.05, 3.63) is 34.9 Å². The molecule has 132 valence electrons. The highest BCUT2D eigenvalue weighted by atomic mass is 16.5. The molecule has 0 spiro atoms. The van der Waals surface area contributed by atoms with Crippen molar-refractivity contribution in [2.75, 3.05) is 32.8 Å². The summed E-state index contributed by atoms with van der Waals surface area (Å²) in [6, 6.07) is 5.95. The van der Waals surface area contributed by atoms with Crippen LogP contribution in [0.15, 0.2) is 18.2 Å². The minimum atomic E-state index is 0.0521. The molecule has 0 radical (unpaired) electrons. The van der Waals surface area contributed by atoms with Gasteiger partial charge in [-0.1, -0.05) is 25.3 Å². The lowest BCUT2D eigenvalue weighted by atomic mass is 9.79. The third-order valence-electron chi connectivity index (χ3n) is 5.81. The zero-order valence-corrected chi connectivity index (χ0v) is 15.1. The minimum Gasteiger partial charge on any atom is -0.379 e. The van der Waals surface area contributed by atoms with E-state index in [4.69, 9.17) is 4.74 Å². The van der Waals surface area contributed by atoms with Gasteiger partial charge in [-0.2, -0.15) is 0 Å². The molecule has 4 heteroatoms. The molecule has 1 aromatic rings. The summed E-state index contributed by atoms with van der Waals surface area (Å²) in [5.41, 5.74) is 3.29. The summed E-state index contributed by atoms with van der Waals surface area (Å²) in [6.07, 6.45) is 6.20. The van der Waals surface area contributed by atoms with Crippen molar-refractivity contribution in [3.63, 3.8) is 0 Å². The van der Waals surface area contributed by atoms with Gasteiger partial charge in [0.1, 0.15) is 0 Å². The monoisotopic (exact) mass is 330 g/mol. The molecule has 1 saturated carbocycles. The Balaban J connectivity index is 1.68. The standard InChI is InChI=1S/C20H30N2O2/c1-16-6-7-18(14-17(16)2)19(23)21-15-20(8-4-3-5-9-20)22-10-12-24-13-11-22/h6-7,14H,3-5,8-13,15H2,1-2H3,(H,21,23). The summed E-state index contributed by atoms with van der Waals surface area (Å²) in [5, 5.41) is 3.23. The van der Waals surface area contributed by atoms with Crippen LogP contribution in [-0.2, 0) is 4.74 Å². The maximum Gasteiger partial charge on any atom is 0.251 e. The van der Waals surface area contributed by atoms with E-state index in [1.807, 2.05) is 18.2 Å². The molecule has 0 unspecified atom stereocenters. The van der Waals surface area contributed by atoms with Gasteiger partial charge in [0.25, 0.3) is 5.91 Å². The lowest BCUT2D eigenvalue weighted by molar-refractivity contribution is -0.0361. The average Bonchev–Trinajstić information content (AvgIpc) is 2.63. The molecular weight excluding hydrogens is 300 g/mol.